The fraction of sp³-hybridized carbons (Fsp3) is 0.100. The summed E-state index contributed by atoms with van der Waals surface area (Å²) in [5, 5.41) is 0.635. The molecule has 0 amide bonds. The van der Waals surface area contributed by atoms with Crippen molar-refractivity contribution in [3.63, 3.8) is 0 Å². The molecule has 1 aromatic heterocycles. The van der Waals surface area contributed by atoms with Crippen molar-refractivity contribution in [2.45, 2.75) is 6.54 Å². The molecule has 0 aliphatic carbocycles. The Labute approximate surface area is 93.2 Å². The zero-order valence-electron chi connectivity index (χ0n) is 7.68. The number of hydrogen-bond acceptors (Lipinski definition) is 2. The third-order valence-corrected chi connectivity index (χ3v) is 2.82. The predicted molar refractivity (Wildman–Crippen MR) is 60.1 cm³/mol. The fourth-order valence-corrected chi connectivity index (χ4v) is 1.74. The van der Waals surface area contributed by atoms with Crippen molar-refractivity contribution in [2.24, 2.45) is 5.73 Å². The molecule has 78 valence electrons. The number of halogens is 2. The van der Waals surface area contributed by atoms with Gasteiger partial charge in [-0.15, -0.1) is 0 Å². The van der Waals surface area contributed by atoms with Crippen LogP contribution in [0.3, 0.4) is 0 Å². The van der Waals surface area contributed by atoms with Crippen molar-refractivity contribution in [2.75, 3.05) is 0 Å². The topological polar surface area (TPSA) is 58.9 Å². The van der Waals surface area contributed by atoms with Crippen LogP contribution in [0.15, 0.2) is 27.5 Å². The van der Waals surface area contributed by atoms with Crippen LogP contribution in [0.1, 0.15) is 5.56 Å². The van der Waals surface area contributed by atoms with Crippen LogP contribution in [0.5, 0.6) is 0 Å². The molecular formula is C10H8BrFN2O. The van der Waals surface area contributed by atoms with E-state index >= 15 is 0 Å². The molecule has 0 atom stereocenters. The molecule has 3 N–H and O–H groups in total. The number of nitrogens with two attached hydrogens (primary N) is 1. The van der Waals surface area contributed by atoms with Crippen molar-refractivity contribution in [3.05, 3.63) is 44.4 Å². The summed E-state index contributed by atoms with van der Waals surface area (Å²) in [5.74, 6) is -0.465. The second-order valence-corrected chi connectivity index (χ2v) is 4.01. The molecule has 1 heterocycles. The normalized spacial score (nSPS) is 10.9. The Hall–Kier alpha value is -1.20. The van der Waals surface area contributed by atoms with Gasteiger partial charge in [-0.05, 0) is 28.1 Å². The molecule has 5 heteroatoms. The van der Waals surface area contributed by atoms with E-state index in [2.05, 4.69) is 20.9 Å². The number of aromatic amines is 1. The Bertz CT molecular complexity index is 579. The summed E-state index contributed by atoms with van der Waals surface area (Å²) < 4.78 is 13.9. The van der Waals surface area contributed by atoms with Crippen molar-refractivity contribution in [1.29, 1.82) is 0 Å². The molecule has 0 spiro atoms. The molecular weight excluding hydrogens is 263 g/mol. The fourth-order valence-electron chi connectivity index (χ4n) is 1.41. The monoisotopic (exact) mass is 270 g/mol. The molecule has 0 aliphatic heterocycles. The van der Waals surface area contributed by atoms with Gasteiger partial charge < -0.3 is 10.7 Å². The Morgan fingerprint density at radius 2 is 2.20 bits per heavy atom. The molecule has 0 radical (unpaired) electrons. The van der Waals surface area contributed by atoms with Crippen LogP contribution in [0, 0.1) is 5.82 Å². The lowest BCUT2D eigenvalue weighted by atomic mass is 10.1. The lowest BCUT2D eigenvalue weighted by molar-refractivity contribution is 0.630. The van der Waals surface area contributed by atoms with E-state index in [1.54, 1.807) is 18.2 Å². The van der Waals surface area contributed by atoms with Crippen molar-refractivity contribution < 1.29 is 4.39 Å². The van der Waals surface area contributed by atoms with Gasteiger partial charge in [-0.2, -0.15) is 0 Å². The van der Waals surface area contributed by atoms with Crippen LogP contribution in [0.4, 0.5) is 4.39 Å². The van der Waals surface area contributed by atoms with Gasteiger partial charge >= 0.3 is 0 Å². The molecule has 0 aliphatic rings. The van der Waals surface area contributed by atoms with Crippen LogP contribution < -0.4 is 11.3 Å². The summed E-state index contributed by atoms with van der Waals surface area (Å²) in [6.45, 7) is 0.142. The van der Waals surface area contributed by atoms with Gasteiger partial charge in [-0.25, -0.2) is 4.39 Å². The molecule has 3 nitrogen and oxygen atoms in total. The number of rotatable bonds is 1. The second kappa shape index (κ2) is 3.75. The summed E-state index contributed by atoms with van der Waals surface area (Å²) in [7, 11) is 0. The summed E-state index contributed by atoms with van der Waals surface area (Å²) in [4.78, 5) is 13.9. The van der Waals surface area contributed by atoms with Gasteiger partial charge in [0.1, 0.15) is 0 Å². The third kappa shape index (κ3) is 1.68. The van der Waals surface area contributed by atoms with Crippen LogP contribution in [0.2, 0.25) is 0 Å². The largest absolute Gasteiger partial charge is 0.326 e. The quantitative estimate of drug-likeness (QED) is 0.832. The Balaban J connectivity index is 2.87. The van der Waals surface area contributed by atoms with E-state index in [1.807, 2.05) is 0 Å². The minimum Gasteiger partial charge on any atom is -0.326 e. The van der Waals surface area contributed by atoms with E-state index < -0.39 is 5.82 Å². The third-order valence-electron chi connectivity index (χ3n) is 2.21. The number of benzene rings is 1. The highest BCUT2D eigenvalue weighted by molar-refractivity contribution is 9.10. The van der Waals surface area contributed by atoms with Gasteiger partial charge in [0.2, 0.25) is 0 Å². The van der Waals surface area contributed by atoms with Gasteiger partial charge in [0.15, 0.2) is 5.82 Å². The van der Waals surface area contributed by atoms with Gasteiger partial charge in [-0.3, -0.25) is 4.79 Å². The van der Waals surface area contributed by atoms with Crippen molar-refractivity contribution in [3.8, 4) is 0 Å². The van der Waals surface area contributed by atoms with Crippen molar-refractivity contribution in [1.82, 2.24) is 4.98 Å². The zero-order chi connectivity index (χ0) is 11.0. The first-order valence-electron chi connectivity index (χ1n) is 4.33. The predicted octanol–water partition coefficient (Wildman–Crippen LogP) is 1.89. The lowest BCUT2D eigenvalue weighted by Crippen LogP contribution is -2.16. The molecule has 0 fully saturated rings. The molecule has 1 aromatic carbocycles. The average Bonchev–Trinajstić information content (AvgIpc) is 2.24. The molecule has 0 saturated carbocycles. The van der Waals surface area contributed by atoms with E-state index in [9.17, 15) is 9.18 Å². The van der Waals surface area contributed by atoms with E-state index in [0.717, 1.165) is 0 Å². The Morgan fingerprint density at radius 1 is 1.47 bits per heavy atom. The summed E-state index contributed by atoms with van der Waals surface area (Å²) >= 11 is 3.05. The zero-order valence-corrected chi connectivity index (χ0v) is 9.27. The maximum absolute atomic E-state index is 13.6. The number of aromatic nitrogens is 1. The van der Waals surface area contributed by atoms with E-state index in [4.69, 9.17) is 5.73 Å². The highest BCUT2D eigenvalue weighted by Crippen LogP contribution is 2.22. The maximum atomic E-state index is 13.6. The standard InChI is InChI=1S/C10H8BrFN2O/c11-7-2-1-5-3-6(4-13)10(15)14-9(5)8(7)12/h1-3H,4,13H2,(H,14,15). The van der Waals surface area contributed by atoms with Crippen LogP contribution in [-0.2, 0) is 6.54 Å². The first kappa shape index (κ1) is 10.3. The van der Waals surface area contributed by atoms with Gasteiger partial charge in [-0.1, -0.05) is 6.07 Å². The number of nitrogens with one attached hydrogen (secondary N) is 1. The highest BCUT2D eigenvalue weighted by Gasteiger charge is 2.08. The number of pyridine rings is 1. The average molecular weight is 271 g/mol. The lowest BCUT2D eigenvalue weighted by Gasteiger charge is -2.03. The molecule has 2 rings (SSSR count). The van der Waals surface area contributed by atoms with Gasteiger partial charge in [0.25, 0.3) is 5.56 Å². The summed E-state index contributed by atoms with van der Waals surface area (Å²) in [6, 6.07) is 4.91. The molecule has 0 bridgehead atoms. The SMILES string of the molecule is NCc1cc2ccc(Br)c(F)c2[nH]c1=O. The van der Waals surface area contributed by atoms with Crippen LogP contribution in [0.25, 0.3) is 10.9 Å². The van der Waals surface area contributed by atoms with Crippen LogP contribution in [-0.4, -0.2) is 4.98 Å². The maximum Gasteiger partial charge on any atom is 0.253 e. The summed E-state index contributed by atoms with van der Waals surface area (Å²) in [6.07, 6.45) is 0. The first-order chi connectivity index (χ1) is 7.13. The van der Waals surface area contributed by atoms with E-state index in [1.165, 1.54) is 0 Å². The van der Waals surface area contributed by atoms with Crippen LogP contribution >= 0.6 is 15.9 Å². The number of H-pyrrole nitrogens is 1. The molecule has 15 heavy (non-hydrogen) atoms. The summed E-state index contributed by atoms with van der Waals surface area (Å²) in [5.41, 5.74) is 5.69. The second-order valence-electron chi connectivity index (χ2n) is 3.15. The minimum atomic E-state index is -0.465. The smallest absolute Gasteiger partial charge is 0.253 e. The Kier molecular flexibility index (Phi) is 2.58. The number of hydrogen-bond donors (Lipinski definition) is 2. The van der Waals surface area contributed by atoms with E-state index in [0.29, 0.717) is 15.4 Å². The van der Waals surface area contributed by atoms with E-state index in [-0.39, 0.29) is 17.6 Å². The molecule has 0 unspecified atom stereocenters. The van der Waals surface area contributed by atoms with Gasteiger partial charge in [0, 0.05) is 17.5 Å². The Morgan fingerprint density at radius 3 is 2.87 bits per heavy atom. The molecule has 0 saturated heterocycles. The molecule has 2 aromatic rings. The highest BCUT2D eigenvalue weighted by atomic mass is 79.9. The number of fused-ring (bicyclic) bond motifs is 1. The van der Waals surface area contributed by atoms with Crippen molar-refractivity contribution >= 4 is 26.8 Å². The minimum absolute atomic E-state index is 0.142. The van der Waals surface area contributed by atoms with Gasteiger partial charge in [0.05, 0.1) is 9.99 Å². The first-order valence-corrected chi connectivity index (χ1v) is 5.12.